The fourth-order valence-corrected chi connectivity index (χ4v) is 3.39. The van der Waals surface area contributed by atoms with Gasteiger partial charge < -0.3 is 14.2 Å². The lowest BCUT2D eigenvalue weighted by atomic mass is 9.80. The first-order valence-electron chi connectivity index (χ1n) is 9.09. The van der Waals surface area contributed by atoms with E-state index in [2.05, 4.69) is 14.5 Å². The Labute approximate surface area is 169 Å². The van der Waals surface area contributed by atoms with E-state index in [0.29, 0.717) is 5.56 Å². The molecule has 156 valence electrons. The van der Waals surface area contributed by atoms with Gasteiger partial charge in [-0.05, 0) is 42.2 Å². The van der Waals surface area contributed by atoms with Crippen molar-refractivity contribution in [2.75, 3.05) is 0 Å². The maximum Gasteiger partial charge on any atom is 0.586 e. The zero-order chi connectivity index (χ0) is 21.6. The largest absolute Gasteiger partial charge is 0.586 e. The minimum Gasteiger partial charge on any atom is -0.404 e. The highest BCUT2D eigenvalue weighted by atomic mass is 19.3. The average molecular weight is 418 g/mol. The summed E-state index contributed by atoms with van der Waals surface area (Å²) in [7, 11) is 0. The molecule has 1 fully saturated rings. The van der Waals surface area contributed by atoms with Crippen molar-refractivity contribution in [1.29, 1.82) is 0 Å². The molecule has 3 heterocycles. The van der Waals surface area contributed by atoms with Gasteiger partial charge in [0.25, 0.3) is 11.8 Å². The van der Waals surface area contributed by atoms with Gasteiger partial charge in [0, 0.05) is 5.56 Å². The molecule has 1 aromatic rings. The second-order valence-electron chi connectivity index (χ2n) is 7.25. The van der Waals surface area contributed by atoms with E-state index in [1.807, 2.05) is 19.2 Å². The summed E-state index contributed by atoms with van der Waals surface area (Å²) in [5.41, 5.74) is 0.680. The van der Waals surface area contributed by atoms with Gasteiger partial charge in [0.15, 0.2) is 17.3 Å². The monoisotopic (exact) mass is 418 g/mol. The lowest BCUT2D eigenvalue weighted by Gasteiger charge is -2.25. The van der Waals surface area contributed by atoms with Gasteiger partial charge in [-0.25, -0.2) is 9.79 Å². The molecule has 0 saturated carbocycles. The highest BCUT2D eigenvalue weighted by Crippen LogP contribution is 2.41. The van der Waals surface area contributed by atoms with E-state index in [-0.39, 0.29) is 28.9 Å². The molecule has 3 amide bonds. The molecule has 0 bridgehead atoms. The number of benzene rings is 1. The minimum atomic E-state index is -3.74. The SMILES string of the molecule is CC(C)C(/C=C1\OC(=O)NC1=O)C1C=CC(c2ccc3c(c2)OC(F)(F)O3)=NC1=O. The van der Waals surface area contributed by atoms with Crippen LogP contribution in [0.1, 0.15) is 19.4 Å². The number of allylic oxidation sites excluding steroid dienone is 2. The van der Waals surface area contributed by atoms with Crippen molar-refractivity contribution >= 4 is 23.6 Å². The summed E-state index contributed by atoms with van der Waals surface area (Å²) in [6.07, 6.45) is 0.0606. The van der Waals surface area contributed by atoms with Crippen LogP contribution in [0.3, 0.4) is 0 Å². The Morgan fingerprint density at radius 1 is 1.17 bits per heavy atom. The lowest BCUT2D eigenvalue weighted by Crippen LogP contribution is -2.28. The van der Waals surface area contributed by atoms with E-state index in [1.54, 1.807) is 12.2 Å². The van der Waals surface area contributed by atoms with Crippen LogP contribution in [0.4, 0.5) is 13.6 Å². The smallest absolute Gasteiger partial charge is 0.404 e. The molecule has 0 aliphatic carbocycles. The second-order valence-corrected chi connectivity index (χ2v) is 7.25. The molecule has 10 heteroatoms. The van der Waals surface area contributed by atoms with Gasteiger partial charge in [-0.3, -0.25) is 14.9 Å². The van der Waals surface area contributed by atoms with E-state index >= 15 is 0 Å². The van der Waals surface area contributed by atoms with Crippen molar-refractivity contribution in [2.24, 2.45) is 22.7 Å². The van der Waals surface area contributed by atoms with Gasteiger partial charge in [0.2, 0.25) is 0 Å². The summed E-state index contributed by atoms with van der Waals surface area (Å²) in [5.74, 6) is -2.78. The highest BCUT2D eigenvalue weighted by molar-refractivity contribution is 6.15. The van der Waals surface area contributed by atoms with E-state index in [9.17, 15) is 23.2 Å². The molecule has 3 aliphatic rings. The number of hydrogen-bond donors (Lipinski definition) is 1. The van der Waals surface area contributed by atoms with E-state index < -0.39 is 36.0 Å². The van der Waals surface area contributed by atoms with Gasteiger partial charge in [0.1, 0.15) is 0 Å². The quantitative estimate of drug-likeness (QED) is 0.755. The van der Waals surface area contributed by atoms with E-state index in [4.69, 9.17) is 4.74 Å². The second kappa shape index (κ2) is 7.05. The third-order valence-electron chi connectivity index (χ3n) is 4.84. The number of rotatable bonds is 4. The van der Waals surface area contributed by atoms with Crippen LogP contribution in [0.15, 0.2) is 47.2 Å². The van der Waals surface area contributed by atoms with Crippen LogP contribution < -0.4 is 14.8 Å². The first kappa shape index (κ1) is 19.7. The number of carbonyl (C=O) groups is 3. The van der Waals surface area contributed by atoms with Gasteiger partial charge in [0.05, 0.1) is 11.6 Å². The van der Waals surface area contributed by atoms with Gasteiger partial charge in [-0.15, -0.1) is 8.78 Å². The van der Waals surface area contributed by atoms with Crippen molar-refractivity contribution in [1.82, 2.24) is 5.32 Å². The Morgan fingerprint density at radius 3 is 2.53 bits per heavy atom. The van der Waals surface area contributed by atoms with Crippen molar-refractivity contribution in [3.05, 3.63) is 47.7 Å². The highest BCUT2D eigenvalue weighted by Gasteiger charge is 2.43. The van der Waals surface area contributed by atoms with Crippen LogP contribution in [0.25, 0.3) is 0 Å². The summed E-state index contributed by atoms with van der Waals surface area (Å²) < 4.78 is 40.0. The molecule has 30 heavy (non-hydrogen) atoms. The molecule has 0 spiro atoms. The fraction of sp³-hybridized carbons (Fsp3) is 0.300. The van der Waals surface area contributed by atoms with Gasteiger partial charge in [-0.1, -0.05) is 19.9 Å². The van der Waals surface area contributed by atoms with Crippen LogP contribution in [-0.4, -0.2) is 29.9 Å². The number of halogens is 2. The lowest BCUT2D eigenvalue weighted by molar-refractivity contribution is -0.286. The van der Waals surface area contributed by atoms with Crippen molar-refractivity contribution in [2.45, 2.75) is 20.1 Å². The molecule has 1 N–H and O–H groups in total. The van der Waals surface area contributed by atoms with Crippen molar-refractivity contribution < 1.29 is 37.4 Å². The molecule has 3 aliphatic heterocycles. The molecule has 8 nitrogen and oxygen atoms in total. The average Bonchev–Trinajstić information content (AvgIpc) is 3.14. The van der Waals surface area contributed by atoms with Crippen molar-refractivity contribution in [3.8, 4) is 11.5 Å². The standard InChI is InChI=1S/C20H16F2N2O6/c1-9(2)12(8-16-18(26)24-19(27)28-16)11-4-5-13(23-17(11)25)10-3-6-14-15(7-10)30-20(21,22)29-14/h3-9,11-12H,1-2H3,(H,24,26,27)/b16-8-. The summed E-state index contributed by atoms with van der Waals surface area (Å²) in [4.78, 5) is 39.8. The predicted octanol–water partition coefficient (Wildman–Crippen LogP) is 2.93. The number of alkyl carbamates (subject to hydrolysis) is 1. The number of dihydropyridines is 1. The maximum absolute atomic E-state index is 13.2. The Kier molecular flexibility index (Phi) is 4.64. The topological polar surface area (TPSA) is 103 Å². The molecule has 4 rings (SSSR count). The summed E-state index contributed by atoms with van der Waals surface area (Å²) >= 11 is 0. The summed E-state index contributed by atoms with van der Waals surface area (Å²) in [6, 6.07) is 4.12. The molecule has 1 saturated heterocycles. The van der Waals surface area contributed by atoms with Crippen LogP contribution in [0.2, 0.25) is 0 Å². The molecule has 1 aromatic carbocycles. The fourth-order valence-electron chi connectivity index (χ4n) is 3.39. The molecular weight excluding hydrogens is 402 g/mol. The minimum absolute atomic E-state index is 0.0762. The number of carbonyl (C=O) groups excluding carboxylic acids is 3. The molecular formula is C20H16F2N2O6. The number of nitrogens with one attached hydrogen (secondary N) is 1. The van der Waals surface area contributed by atoms with Gasteiger partial charge in [-0.2, -0.15) is 0 Å². The third kappa shape index (κ3) is 3.68. The number of alkyl halides is 2. The van der Waals surface area contributed by atoms with Crippen LogP contribution in [0.5, 0.6) is 11.5 Å². The Bertz CT molecular complexity index is 1040. The molecule has 0 radical (unpaired) electrons. The number of cyclic esters (lactones) is 1. The zero-order valence-corrected chi connectivity index (χ0v) is 15.8. The number of fused-ring (bicyclic) bond motifs is 1. The van der Waals surface area contributed by atoms with Crippen LogP contribution in [-0.2, 0) is 14.3 Å². The number of imide groups is 1. The first-order chi connectivity index (χ1) is 14.1. The van der Waals surface area contributed by atoms with E-state index in [1.165, 1.54) is 24.3 Å². The Balaban J connectivity index is 1.57. The zero-order valence-electron chi connectivity index (χ0n) is 15.8. The molecule has 2 unspecified atom stereocenters. The number of amides is 3. The Morgan fingerprint density at radius 2 is 1.90 bits per heavy atom. The summed E-state index contributed by atoms with van der Waals surface area (Å²) in [6.45, 7) is 3.71. The van der Waals surface area contributed by atoms with E-state index in [0.717, 1.165) is 0 Å². The van der Waals surface area contributed by atoms with Gasteiger partial charge >= 0.3 is 12.4 Å². The van der Waals surface area contributed by atoms with Crippen LogP contribution >= 0.6 is 0 Å². The normalized spacial score (nSPS) is 24.2. The number of nitrogens with zero attached hydrogens (tertiary/aromatic N) is 1. The number of ether oxygens (including phenoxy) is 3. The third-order valence-corrected chi connectivity index (χ3v) is 4.84. The number of hydrogen-bond acceptors (Lipinski definition) is 6. The maximum atomic E-state index is 13.2. The predicted molar refractivity (Wildman–Crippen MR) is 97.9 cm³/mol. The first-order valence-corrected chi connectivity index (χ1v) is 9.09. The van der Waals surface area contributed by atoms with Crippen LogP contribution in [0, 0.1) is 17.8 Å². The molecule has 0 aromatic heterocycles. The van der Waals surface area contributed by atoms with Crippen molar-refractivity contribution in [3.63, 3.8) is 0 Å². The molecule has 2 atom stereocenters. The number of aliphatic imine (C=N–C) groups is 1. The Hall–Kier alpha value is -3.56. The summed E-state index contributed by atoms with van der Waals surface area (Å²) in [5, 5.41) is 2.01.